The number of aryl methyl sites for hydroxylation is 1. The second-order valence-electron chi connectivity index (χ2n) is 6.24. The van der Waals surface area contributed by atoms with Crippen LogP contribution in [0.5, 0.6) is 11.5 Å². The van der Waals surface area contributed by atoms with Gasteiger partial charge in [-0.05, 0) is 48.6 Å². The van der Waals surface area contributed by atoms with Gasteiger partial charge in [-0.2, -0.15) is 0 Å². The van der Waals surface area contributed by atoms with Crippen LogP contribution < -0.4 is 20.1 Å². The number of carbonyl (C=O) groups excluding carboxylic acids is 1. The maximum atomic E-state index is 12.3. The summed E-state index contributed by atoms with van der Waals surface area (Å²) in [5.41, 5.74) is 3.54. The molecule has 2 aromatic rings. The first kappa shape index (κ1) is 14.9. The molecule has 2 atom stereocenters. The summed E-state index contributed by atoms with van der Waals surface area (Å²) >= 11 is 0. The summed E-state index contributed by atoms with van der Waals surface area (Å²) in [6.07, 6.45) is 1.96. The minimum Gasteiger partial charge on any atom is -0.454 e. The molecule has 2 N–H and O–H groups in total. The van der Waals surface area contributed by atoms with Crippen molar-refractivity contribution in [3.05, 3.63) is 59.2 Å². The standard InChI is InChI=1S/C19H20N2O3/c1-12(14-7-9-17-18(10-14)24-11-23-17)20-19(22)21-16-8-6-13-4-2-3-5-15(13)16/h2-5,7,9-10,12,16H,6,8,11H2,1H3,(H2,20,21,22). The highest BCUT2D eigenvalue weighted by molar-refractivity contribution is 5.75. The molecule has 1 heterocycles. The van der Waals surface area contributed by atoms with Gasteiger partial charge in [0.25, 0.3) is 0 Å². The molecule has 1 aliphatic carbocycles. The Kier molecular flexibility index (Phi) is 3.76. The van der Waals surface area contributed by atoms with Crippen LogP contribution in [0.15, 0.2) is 42.5 Å². The maximum Gasteiger partial charge on any atom is 0.315 e. The van der Waals surface area contributed by atoms with E-state index in [4.69, 9.17) is 9.47 Å². The van der Waals surface area contributed by atoms with Crippen molar-refractivity contribution in [1.29, 1.82) is 0 Å². The highest BCUT2D eigenvalue weighted by atomic mass is 16.7. The van der Waals surface area contributed by atoms with Crippen LogP contribution in [-0.2, 0) is 6.42 Å². The van der Waals surface area contributed by atoms with Crippen LogP contribution in [0.2, 0.25) is 0 Å². The average molecular weight is 324 g/mol. The first-order chi connectivity index (χ1) is 11.7. The van der Waals surface area contributed by atoms with E-state index in [0.717, 1.165) is 29.9 Å². The summed E-state index contributed by atoms with van der Waals surface area (Å²) < 4.78 is 10.7. The van der Waals surface area contributed by atoms with Gasteiger partial charge in [-0.25, -0.2) is 4.79 Å². The molecule has 5 nitrogen and oxygen atoms in total. The lowest BCUT2D eigenvalue weighted by Gasteiger charge is -2.19. The Morgan fingerprint density at radius 3 is 2.92 bits per heavy atom. The number of urea groups is 1. The molecule has 2 aromatic carbocycles. The highest BCUT2D eigenvalue weighted by Crippen LogP contribution is 2.34. The third-order valence-electron chi connectivity index (χ3n) is 4.68. The van der Waals surface area contributed by atoms with Crippen molar-refractivity contribution in [2.45, 2.75) is 31.8 Å². The quantitative estimate of drug-likeness (QED) is 0.909. The van der Waals surface area contributed by atoms with E-state index >= 15 is 0 Å². The molecule has 2 amide bonds. The highest BCUT2D eigenvalue weighted by Gasteiger charge is 2.24. The maximum absolute atomic E-state index is 12.3. The van der Waals surface area contributed by atoms with E-state index in [1.807, 2.05) is 37.3 Å². The van der Waals surface area contributed by atoms with Crippen LogP contribution in [0.1, 0.15) is 42.1 Å². The van der Waals surface area contributed by atoms with Gasteiger partial charge in [0.2, 0.25) is 6.79 Å². The second-order valence-corrected chi connectivity index (χ2v) is 6.24. The van der Waals surface area contributed by atoms with Crippen LogP contribution in [0, 0.1) is 0 Å². The number of rotatable bonds is 3. The zero-order valence-electron chi connectivity index (χ0n) is 13.5. The monoisotopic (exact) mass is 324 g/mol. The van der Waals surface area contributed by atoms with Gasteiger partial charge in [-0.3, -0.25) is 0 Å². The van der Waals surface area contributed by atoms with E-state index in [-0.39, 0.29) is 24.9 Å². The molecule has 0 bridgehead atoms. The molecule has 124 valence electrons. The molecule has 2 aliphatic rings. The fourth-order valence-electron chi connectivity index (χ4n) is 3.37. The number of hydrogen-bond donors (Lipinski definition) is 2. The molecule has 0 saturated carbocycles. The molecule has 5 heteroatoms. The zero-order chi connectivity index (χ0) is 16.5. The van der Waals surface area contributed by atoms with Crippen LogP contribution >= 0.6 is 0 Å². The lowest BCUT2D eigenvalue weighted by molar-refractivity contribution is 0.174. The number of benzene rings is 2. The van der Waals surface area contributed by atoms with Crippen LogP contribution in [0.4, 0.5) is 4.79 Å². The smallest absolute Gasteiger partial charge is 0.315 e. The number of fused-ring (bicyclic) bond motifs is 2. The van der Waals surface area contributed by atoms with Crippen molar-refractivity contribution in [2.75, 3.05) is 6.79 Å². The second kappa shape index (κ2) is 6.07. The van der Waals surface area contributed by atoms with Gasteiger partial charge in [-0.15, -0.1) is 0 Å². The Labute approximate surface area is 141 Å². The minimum absolute atomic E-state index is 0.0881. The van der Waals surface area contributed by atoms with E-state index in [0.29, 0.717) is 0 Å². The van der Waals surface area contributed by atoms with E-state index in [1.54, 1.807) is 0 Å². The molecule has 0 fully saturated rings. The van der Waals surface area contributed by atoms with Gasteiger partial charge >= 0.3 is 6.03 Å². The van der Waals surface area contributed by atoms with Crippen molar-refractivity contribution in [3.8, 4) is 11.5 Å². The predicted octanol–water partition coefficient (Wildman–Crippen LogP) is 3.46. The Morgan fingerprint density at radius 1 is 1.17 bits per heavy atom. The lowest BCUT2D eigenvalue weighted by atomic mass is 10.1. The number of amides is 2. The number of ether oxygens (including phenoxy) is 2. The van der Waals surface area contributed by atoms with Crippen molar-refractivity contribution >= 4 is 6.03 Å². The Balaban J connectivity index is 1.39. The van der Waals surface area contributed by atoms with Crippen molar-refractivity contribution < 1.29 is 14.3 Å². The summed E-state index contributed by atoms with van der Waals surface area (Å²) in [5, 5.41) is 6.08. The SMILES string of the molecule is CC(NC(=O)NC1CCc2ccccc21)c1ccc2c(c1)OCO2. The summed E-state index contributed by atoms with van der Waals surface area (Å²) in [7, 11) is 0. The summed E-state index contributed by atoms with van der Waals surface area (Å²) in [4.78, 5) is 12.3. The first-order valence-electron chi connectivity index (χ1n) is 8.25. The number of hydrogen-bond acceptors (Lipinski definition) is 3. The molecule has 0 aromatic heterocycles. The van der Waals surface area contributed by atoms with E-state index in [2.05, 4.69) is 22.8 Å². The zero-order valence-corrected chi connectivity index (χ0v) is 13.5. The third-order valence-corrected chi connectivity index (χ3v) is 4.68. The molecular formula is C19H20N2O3. The number of carbonyl (C=O) groups is 1. The van der Waals surface area contributed by atoms with E-state index in [1.165, 1.54) is 11.1 Å². The van der Waals surface area contributed by atoms with Crippen molar-refractivity contribution in [1.82, 2.24) is 10.6 Å². The van der Waals surface area contributed by atoms with Gasteiger partial charge in [0, 0.05) is 0 Å². The van der Waals surface area contributed by atoms with E-state index in [9.17, 15) is 4.79 Å². The fourth-order valence-corrected chi connectivity index (χ4v) is 3.37. The average Bonchev–Trinajstić information content (AvgIpc) is 3.21. The molecule has 1 aliphatic heterocycles. The molecule has 24 heavy (non-hydrogen) atoms. The lowest BCUT2D eigenvalue weighted by Crippen LogP contribution is -2.38. The van der Waals surface area contributed by atoms with Crippen molar-refractivity contribution in [2.24, 2.45) is 0 Å². The van der Waals surface area contributed by atoms with Crippen molar-refractivity contribution in [3.63, 3.8) is 0 Å². The predicted molar refractivity (Wildman–Crippen MR) is 90.2 cm³/mol. The molecule has 0 radical (unpaired) electrons. The van der Waals surface area contributed by atoms with Crippen LogP contribution in [-0.4, -0.2) is 12.8 Å². The van der Waals surface area contributed by atoms with E-state index < -0.39 is 0 Å². The molecular weight excluding hydrogens is 304 g/mol. The molecule has 2 unspecified atom stereocenters. The van der Waals surface area contributed by atoms with Gasteiger partial charge in [0.15, 0.2) is 11.5 Å². The molecule has 0 spiro atoms. The minimum atomic E-state index is -0.151. The number of nitrogens with one attached hydrogen (secondary N) is 2. The fraction of sp³-hybridized carbons (Fsp3) is 0.316. The van der Waals surface area contributed by atoms with Crippen LogP contribution in [0.25, 0.3) is 0 Å². The van der Waals surface area contributed by atoms with Crippen LogP contribution in [0.3, 0.4) is 0 Å². The normalized spacial score (nSPS) is 18.8. The Bertz CT molecular complexity index is 775. The molecule has 0 saturated heterocycles. The Hall–Kier alpha value is -2.69. The molecule has 4 rings (SSSR count). The summed E-state index contributed by atoms with van der Waals surface area (Å²) in [6, 6.07) is 13.8. The van der Waals surface area contributed by atoms with Gasteiger partial charge in [0.05, 0.1) is 12.1 Å². The largest absolute Gasteiger partial charge is 0.454 e. The van der Waals surface area contributed by atoms with Gasteiger partial charge in [0.1, 0.15) is 0 Å². The van der Waals surface area contributed by atoms with Gasteiger partial charge in [-0.1, -0.05) is 30.3 Å². The summed E-state index contributed by atoms with van der Waals surface area (Å²) in [6.45, 7) is 2.21. The summed E-state index contributed by atoms with van der Waals surface area (Å²) in [5.74, 6) is 1.48. The van der Waals surface area contributed by atoms with Gasteiger partial charge < -0.3 is 20.1 Å². The first-order valence-corrected chi connectivity index (χ1v) is 8.25. The Morgan fingerprint density at radius 2 is 2.00 bits per heavy atom. The third kappa shape index (κ3) is 2.77. The topological polar surface area (TPSA) is 59.6 Å².